The molecule has 0 saturated carbocycles. The SMILES string of the molecule is C=Cc1nccc(NCCN2CCC(COc3ccc4c(NCCCc5ccccc5)nc(N5CCN(C)CC5)nc4c3)CC2)c1C. The Bertz CT molecular complexity index is 1600. The number of benzene rings is 2. The average Bonchev–Trinajstić information content (AvgIpc) is 3.11. The van der Waals surface area contributed by atoms with Crippen LogP contribution in [0.2, 0.25) is 0 Å². The maximum atomic E-state index is 6.40. The van der Waals surface area contributed by atoms with Crippen LogP contribution in [0.15, 0.2) is 67.4 Å². The number of fused-ring (bicyclic) bond motifs is 1. The Kier molecular flexibility index (Phi) is 11.2. The third-order valence-corrected chi connectivity index (χ3v) is 9.59. The summed E-state index contributed by atoms with van der Waals surface area (Å²) in [7, 11) is 2.17. The molecule has 47 heavy (non-hydrogen) atoms. The topological polar surface area (TPSA) is 81.7 Å². The van der Waals surface area contributed by atoms with E-state index >= 15 is 0 Å². The molecule has 2 aliphatic heterocycles. The van der Waals surface area contributed by atoms with E-state index in [9.17, 15) is 0 Å². The second-order valence-electron chi connectivity index (χ2n) is 13.0. The smallest absolute Gasteiger partial charge is 0.227 e. The minimum Gasteiger partial charge on any atom is -0.493 e. The van der Waals surface area contributed by atoms with E-state index in [-0.39, 0.29) is 0 Å². The molecule has 2 aliphatic rings. The lowest BCUT2D eigenvalue weighted by atomic mass is 9.98. The number of piperidine rings is 1. The second kappa shape index (κ2) is 16.1. The maximum absolute atomic E-state index is 6.40. The zero-order valence-electron chi connectivity index (χ0n) is 28.1. The minimum absolute atomic E-state index is 0.556. The van der Waals surface area contributed by atoms with Crippen LogP contribution in [0.25, 0.3) is 17.0 Å². The Labute approximate surface area is 280 Å². The van der Waals surface area contributed by atoms with Crippen LogP contribution in [-0.4, -0.2) is 97.3 Å². The van der Waals surface area contributed by atoms with E-state index in [0.29, 0.717) is 5.92 Å². The van der Waals surface area contributed by atoms with E-state index in [4.69, 9.17) is 14.7 Å². The Hall–Kier alpha value is -4.21. The van der Waals surface area contributed by atoms with E-state index in [1.54, 1.807) is 0 Å². The van der Waals surface area contributed by atoms with E-state index < -0.39 is 0 Å². The van der Waals surface area contributed by atoms with E-state index in [1.807, 2.05) is 18.3 Å². The van der Waals surface area contributed by atoms with Crippen LogP contribution < -0.4 is 20.3 Å². The summed E-state index contributed by atoms with van der Waals surface area (Å²) in [6.45, 7) is 15.6. The van der Waals surface area contributed by atoms with Crippen LogP contribution in [0.5, 0.6) is 5.75 Å². The van der Waals surface area contributed by atoms with Crippen molar-refractivity contribution in [2.75, 3.05) is 88.1 Å². The van der Waals surface area contributed by atoms with Crippen LogP contribution >= 0.6 is 0 Å². The summed E-state index contributed by atoms with van der Waals surface area (Å²) in [5.74, 6) is 3.15. The van der Waals surface area contributed by atoms with Gasteiger partial charge in [-0.1, -0.05) is 36.9 Å². The molecule has 6 rings (SSSR count). The second-order valence-corrected chi connectivity index (χ2v) is 13.0. The number of aryl methyl sites for hydroxylation is 1. The summed E-state index contributed by atoms with van der Waals surface area (Å²) in [5, 5.41) is 8.27. The fraction of sp³-hybridized carbons (Fsp3) is 0.447. The highest BCUT2D eigenvalue weighted by molar-refractivity contribution is 5.91. The lowest BCUT2D eigenvalue weighted by molar-refractivity contribution is 0.145. The summed E-state index contributed by atoms with van der Waals surface area (Å²) in [5.41, 5.74) is 5.53. The number of rotatable bonds is 14. The standard InChI is InChI=1S/C38H50N8O/c1-4-34-29(2)35(14-18-39-34)40-19-22-45-20-15-31(16-21-45)28-47-32-12-13-33-36(27-32)42-38(46-25-23-44(3)24-26-46)43-37(33)41-17-8-11-30-9-6-5-7-10-30/h4-7,9-10,12-14,18,27,31H,1,8,11,15-17,19-26,28H2,2-3H3,(H,39,40)(H,41,42,43). The van der Waals surface area contributed by atoms with Crippen LogP contribution in [0.4, 0.5) is 17.5 Å². The molecule has 2 aromatic heterocycles. The molecule has 9 nitrogen and oxygen atoms in total. The fourth-order valence-corrected chi connectivity index (χ4v) is 6.50. The lowest BCUT2D eigenvalue weighted by Gasteiger charge is -2.32. The van der Waals surface area contributed by atoms with Gasteiger partial charge >= 0.3 is 0 Å². The van der Waals surface area contributed by atoms with Crippen LogP contribution in [0.3, 0.4) is 0 Å². The first-order valence-electron chi connectivity index (χ1n) is 17.3. The van der Waals surface area contributed by atoms with Crippen molar-refractivity contribution in [2.24, 2.45) is 5.92 Å². The summed E-state index contributed by atoms with van der Waals surface area (Å²) >= 11 is 0. The van der Waals surface area contributed by atoms with E-state index in [0.717, 1.165) is 137 Å². The third-order valence-electron chi connectivity index (χ3n) is 9.59. The fourth-order valence-electron chi connectivity index (χ4n) is 6.50. The molecule has 0 amide bonds. The zero-order valence-corrected chi connectivity index (χ0v) is 28.1. The van der Waals surface area contributed by atoms with Gasteiger partial charge in [-0.3, -0.25) is 4.98 Å². The number of pyridine rings is 1. The first kappa shape index (κ1) is 32.7. The van der Waals surface area contributed by atoms with Gasteiger partial charge in [0, 0.05) is 69.2 Å². The quantitative estimate of drug-likeness (QED) is 0.163. The van der Waals surface area contributed by atoms with Crippen molar-refractivity contribution in [1.82, 2.24) is 24.8 Å². The number of nitrogens with zero attached hydrogens (tertiary/aromatic N) is 6. The molecule has 9 heteroatoms. The van der Waals surface area contributed by atoms with Gasteiger partial charge in [-0.15, -0.1) is 0 Å². The summed E-state index contributed by atoms with van der Waals surface area (Å²) in [6, 6.07) is 19.0. The lowest BCUT2D eigenvalue weighted by Crippen LogP contribution is -2.45. The van der Waals surface area contributed by atoms with Gasteiger partial charge in [0.15, 0.2) is 0 Å². The van der Waals surface area contributed by atoms with Crippen molar-refractivity contribution < 1.29 is 4.74 Å². The van der Waals surface area contributed by atoms with Gasteiger partial charge in [0.25, 0.3) is 0 Å². The minimum atomic E-state index is 0.556. The predicted molar refractivity (Wildman–Crippen MR) is 195 cm³/mol. The molecule has 0 bridgehead atoms. The highest BCUT2D eigenvalue weighted by atomic mass is 16.5. The third kappa shape index (κ3) is 8.78. The molecule has 4 heterocycles. The zero-order chi connectivity index (χ0) is 32.4. The highest BCUT2D eigenvalue weighted by Crippen LogP contribution is 2.29. The van der Waals surface area contributed by atoms with Crippen molar-refractivity contribution in [2.45, 2.75) is 32.6 Å². The van der Waals surface area contributed by atoms with Crippen molar-refractivity contribution >= 4 is 34.4 Å². The molecule has 0 spiro atoms. The summed E-state index contributed by atoms with van der Waals surface area (Å²) in [6.07, 6.45) is 8.03. The average molecular weight is 635 g/mol. The number of ether oxygens (including phenoxy) is 1. The van der Waals surface area contributed by atoms with E-state index in [1.165, 1.54) is 5.56 Å². The maximum Gasteiger partial charge on any atom is 0.227 e. The number of piperazine rings is 1. The molecule has 4 aromatic rings. The Morgan fingerprint density at radius 2 is 1.74 bits per heavy atom. The highest BCUT2D eigenvalue weighted by Gasteiger charge is 2.21. The molecule has 0 aliphatic carbocycles. The molecule has 0 radical (unpaired) electrons. The first-order valence-corrected chi connectivity index (χ1v) is 17.3. The van der Waals surface area contributed by atoms with Gasteiger partial charge < -0.3 is 30.1 Å². The molecule has 2 fully saturated rings. The van der Waals surface area contributed by atoms with Gasteiger partial charge in [-0.25, -0.2) is 4.98 Å². The van der Waals surface area contributed by atoms with Crippen molar-refractivity contribution in [3.63, 3.8) is 0 Å². The molecule has 2 aromatic carbocycles. The van der Waals surface area contributed by atoms with Gasteiger partial charge in [0.1, 0.15) is 11.6 Å². The number of hydrogen-bond acceptors (Lipinski definition) is 9. The Balaban J connectivity index is 1.03. The van der Waals surface area contributed by atoms with Gasteiger partial charge in [0.05, 0.1) is 17.8 Å². The van der Waals surface area contributed by atoms with Gasteiger partial charge in [0.2, 0.25) is 5.95 Å². The van der Waals surface area contributed by atoms with E-state index in [2.05, 4.69) is 99.4 Å². The van der Waals surface area contributed by atoms with Crippen LogP contribution in [0, 0.1) is 12.8 Å². The molecule has 0 atom stereocenters. The molecule has 2 saturated heterocycles. The largest absolute Gasteiger partial charge is 0.493 e. The summed E-state index contributed by atoms with van der Waals surface area (Å²) in [4.78, 5) is 21.7. The number of hydrogen-bond donors (Lipinski definition) is 2. The number of likely N-dealkylation sites (tertiary alicyclic amines) is 1. The molecular formula is C38H50N8O. The molecule has 0 unspecified atom stereocenters. The molecular weight excluding hydrogens is 584 g/mol. The van der Waals surface area contributed by atoms with Crippen molar-refractivity contribution in [3.05, 3.63) is 84.2 Å². The Morgan fingerprint density at radius 3 is 2.53 bits per heavy atom. The first-order chi connectivity index (χ1) is 23.1. The monoisotopic (exact) mass is 634 g/mol. The van der Waals surface area contributed by atoms with Gasteiger partial charge in [-0.2, -0.15) is 4.98 Å². The van der Waals surface area contributed by atoms with Crippen molar-refractivity contribution in [1.29, 1.82) is 0 Å². The molecule has 248 valence electrons. The van der Waals surface area contributed by atoms with Crippen LogP contribution in [0.1, 0.15) is 36.1 Å². The Morgan fingerprint density at radius 1 is 0.936 bits per heavy atom. The number of anilines is 3. The number of likely N-dealkylation sites (N-methyl/N-ethyl adjacent to an activating group) is 1. The van der Waals surface area contributed by atoms with Crippen LogP contribution in [-0.2, 0) is 6.42 Å². The predicted octanol–water partition coefficient (Wildman–Crippen LogP) is 5.98. The number of nitrogens with one attached hydrogen (secondary N) is 2. The normalized spacial score (nSPS) is 16.3. The van der Waals surface area contributed by atoms with Crippen molar-refractivity contribution in [3.8, 4) is 5.75 Å². The summed E-state index contributed by atoms with van der Waals surface area (Å²) < 4.78 is 6.40. The molecule has 2 N–H and O–H groups in total. The van der Waals surface area contributed by atoms with Gasteiger partial charge in [-0.05, 0) is 94.1 Å². The number of aromatic nitrogens is 3.